The topological polar surface area (TPSA) is 46.5 Å². The molecule has 0 amide bonds. The second-order valence-corrected chi connectivity index (χ2v) is 2.35. The highest BCUT2D eigenvalue weighted by atomic mass is 16.5. The fraction of sp³-hybridized carbons (Fsp3) is 0.833. The van der Waals surface area contributed by atoms with Crippen molar-refractivity contribution in [3.63, 3.8) is 0 Å². The maximum Gasteiger partial charge on any atom is 0.329 e. The van der Waals surface area contributed by atoms with Crippen LogP contribution in [-0.2, 0) is 9.53 Å². The van der Waals surface area contributed by atoms with E-state index in [2.05, 4.69) is 0 Å². The highest BCUT2D eigenvalue weighted by Gasteiger charge is 2.21. The van der Waals surface area contributed by atoms with Gasteiger partial charge in [0.05, 0.1) is 6.61 Å². The number of carboxylic acid groups (broad SMARTS) is 1. The first-order chi connectivity index (χ1) is 4.29. The summed E-state index contributed by atoms with van der Waals surface area (Å²) in [6.07, 6.45) is 2.42. The van der Waals surface area contributed by atoms with Gasteiger partial charge in [-0.1, -0.05) is 0 Å². The van der Waals surface area contributed by atoms with Crippen molar-refractivity contribution in [2.75, 3.05) is 13.2 Å². The van der Waals surface area contributed by atoms with Crippen molar-refractivity contribution in [2.45, 2.75) is 12.8 Å². The van der Waals surface area contributed by atoms with E-state index in [0.717, 1.165) is 0 Å². The Morgan fingerprint density at radius 3 is 2.78 bits per heavy atom. The Bertz CT molecular complexity index is 107. The maximum atomic E-state index is 9.88. The van der Waals surface area contributed by atoms with Gasteiger partial charge < -0.3 is 9.84 Å². The van der Waals surface area contributed by atoms with Gasteiger partial charge in [0, 0.05) is 0 Å². The number of carbonyl (C=O) groups is 1. The zero-order chi connectivity index (χ0) is 6.69. The fourth-order valence-electron chi connectivity index (χ4n) is 0.597. The van der Waals surface area contributed by atoms with E-state index in [9.17, 15) is 4.79 Å². The largest absolute Gasteiger partial charge is 0.480 e. The summed E-state index contributed by atoms with van der Waals surface area (Å²) in [5.74, 6) is -0.222. The van der Waals surface area contributed by atoms with Crippen LogP contribution in [0.25, 0.3) is 0 Å². The minimum atomic E-state index is -0.879. The lowest BCUT2D eigenvalue weighted by Gasteiger charge is -1.95. The van der Waals surface area contributed by atoms with Gasteiger partial charge in [0.1, 0.15) is 6.61 Å². The summed E-state index contributed by atoms with van der Waals surface area (Å²) >= 11 is 0. The molecule has 0 saturated heterocycles. The van der Waals surface area contributed by atoms with Gasteiger partial charge in [-0.3, -0.25) is 0 Å². The molecule has 1 N–H and O–H groups in total. The molecule has 0 aliphatic heterocycles. The number of hydrogen-bond acceptors (Lipinski definition) is 2. The average molecular weight is 130 g/mol. The molecule has 0 atom stereocenters. The van der Waals surface area contributed by atoms with Crippen LogP contribution in [0.2, 0.25) is 0 Å². The van der Waals surface area contributed by atoms with E-state index in [4.69, 9.17) is 9.84 Å². The van der Waals surface area contributed by atoms with Crippen LogP contribution >= 0.6 is 0 Å². The average Bonchev–Trinajstić information content (AvgIpc) is 2.48. The lowest BCUT2D eigenvalue weighted by Crippen LogP contribution is -2.08. The number of rotatable bonds is 4. The third-order valence-electron chi connectivity index (χ3n) is 1.28. The molecule has 3 nitrogen and oxygen atoms in total. The molecule has 0 aromatic heterocycles. The summed E-state index contributed by atoms with van der Waals surface area (Å²) in [7, 11) is 0. The molecule has 0 aromatic carbocycles. The first kappa shape index (κ1) is 6.55. The molecular formula is C6H10O3. The van der Waals surface area contributed by atoms with Crippen LogP contribution < -0.4 is 0 Å². The zero-order valence-electron chi connectivity index (χ0n) is 5.17. The van der Waals surface area contributed by atoms with Gasteiger partial charge in [0.2, 0.25) is 0 Å². The molecule has 0 aromatic rings. The molecule has 0 heterocycles. The lowest BCUT2D eigenvalue weighted by atomic mass is 10.5. The van der Waals surface area contributed by atoms with Crippen LogP contribution in [0.1, 0.15) is 12.8 Å². The summed E-state index contributed by atoms with van der Waals surface area (Å²) in [6.45, 7) is 0.489. The standard InChI is InChI=1S/C6H10O3/c7-6(8)4-9-3-5-1-2-5/h5H,1-4H2,(H,7,8). The molecule has 52 valence electrons. The summed E-state index contributed by atoms with van der Waals surface area (Å²) in [5, 5.41) is 8.12. The molecule has 0 bridgehead atoms. The highest BCUT2D eigenvalue weighted by molar-refractivity contribution is 5.67. The molecule has 3 heteroatoms. The predicted octanol–water partition coefficient (Wildman–Crippen LogP) is 0.498. The third kappa shape index (κ3) is 3.08. The molecule has 1 rings (SSSR count). The van der Waals surface area contributed by atoms with Crippen LogP contribution in [0.4, 0.5) is 0 Å². The van der Waals surface area contributed by atoms with Crippen molar-refractivity contribution in [1.82, 2.24) is 0 Å². The summed E-state index contributed by atoms with van der Waals surface area (Å²) in [5.41, 5.74) is 0. The van der Waals surface area contributed by atoms with E-state index in [0.29, 0.717) is 12.5 Å². The second-order valence-electron chi connectivity index (χ2n) is 2.35. The van der Waals surface area contributed by atoms with Gasteiger partial charge in [-0.05, 0) is 18.8 Å². The van der Waals surface area contributed by atoms with Crippen molar-refractivity contribution in [3.8, 4) is 0 Å². The van der Waals surface area contributed by atoms with Crippen molar-refractivity contribution in [3.05, 3.63) is 0 Å². The molecule has 1 aliphatic rings. The second kappa shape index (κ2) is 2.82. The van der Waals surface area contributed by atoms with E-state index < -0.39 is 5.97 Å². The minimum Gasteiger partial charge on any atom is -0.480 e. The Kier molecular flexibility index (Phi) is 2.05. The smallest absolute Gasteiger partial charge is 0.329 e. The highest BCUT2D eigenvalue weighted by Crippen LogP contribution is 2.28. The van der Waals surface area contributed by atoms with Crippen molar-refractivity contribution >= 4 is 5.97 Å². The number of carboxylic acids is 1. The Hall–Kier alpha value is -0.570. The molecule has 0 radical (unpaired) electrons. The first-order valence-electron chi connectivity index (χ1n) is 3.08. The Morgan fingerprint density at radius 1 is 1.67 bits per heavy atom. The van der Waals surface area contributed by atoms with E-state index in [1.165, 1.54) is 12.8 Å². The first-order valence-corrected chi connectivity index (χ1v) is 3.08. The van der Waals surface area contributed by atoms with Gasteiger partial charge in [0.15, 0.2) is 0 Å². The molecule has 0 spiro atoms. The zero-order valence-corrected chi connectivity index (χ0v) is 5.17. The van der Waals surface area contributed by atoms with Crippen LogP contribution in [0, 0.1) is 5.92 Å². The maximum absolute atomic E-state index is 9.88. The van der Waals surface area contributed by atoms with E-state index in [-0.39, 0.29) is 6.61 Å². The third-order valence-corrected chi connectivity index (χ3v) is 1.28. The Labute approximate surface area is 53.6 Å². The molecule has 0 unspecified atom stereocenters. The molecule has 1 saturated carbocycles. The van der Waals surface area contributed by atoms with Crippen LogP contribution in [-0.4, -0.2) is 24.3 Å². The van der Waals surface area contributed by atoms with Crippen LogP contribution in [0.5, 0.6) is 0 Å². The summed E-state index contributed by atoms with van der Waals surface area (Å²) in [4.78, 5) is 9.88. The fourth-order valence-corrected chi connectivity index (χ4v) is 0.597. The normalized spacial score (nSPS) is 17.8. The van der Waals surface area contributed by atoms with Gasteiger partial charge in [0.25, 0.3) is 0 Å². The molecule has 1 fully saturated rings. The predicted molar refractivity (Wildman–Crippen MR) is 31.2 cm³/mol. The minimum absolute atomic E-state index is 0.142. The summed E-state index contributed by atoms with van der Waals surface area (Å²) in [6, 6.07) is 0. The quantitative estimate of drug-likeness (QED) is 0.602. The number of aliphatic carboxylic acids is 1. The molecule has 9 heavy (non-hydrogen) atoms. The monoisotopic (exact) mass is 130 g/mol. The van der Waals surface area contributed by atoms with Crippen molar-refractivity contribution < 1.29 is 14.6 Å². The Balaban J connectivity index is 1.86. The Morgan fingerprint density at radius 2 is 2.33 bits per heavy atom. The number of ether oxygens (including phenoxy) is 1. The van der Waals surface area contributed by atoms with Crippen molar-refractivity contribution in [2.24, 2.45) is 5.92 Å². The summed E-state index contributed by atoms with van der Waals surface area (Å²) < 4.78 is 4.82. The lowest BCUT2D eigenvalue weighted by molar-refractivity contribution is -0.142. The van der Waals surface area contributed by atoms with Crippen LogP contribution in [0.3, 0.4) is 0 Å². The van der Waals surface area contributed by atoms with Gasteiger partial charge in [-0.2, -0.15) is 0 Å². The van der Waals surface area contributed by atoms with Crippen LogP contribution in [0.15, 0.2) is 0 Å². The van der Waals surface area contributed by atoms with E-state index in [1.54, 1.807) is 0 Å². The molecular weight excluding hydrogens is 120 g/mol. The van der Waals surface area contributed by atoms with E-state index in [1.807, 2.05) is 0 Å². The molecule has 1 aliphatic carbocycles. The van der Waals surface area contributed by atoms with Gasteiger partial charge >= 0.3 is 5.97 Å². The number of hydrogen-bond donors (Lipinski definition) is 1. The SMILES string of the molecule is O=C(O)COCC1CC1. The van der Waals surface area contributed by atoms with Gasteiger partial charge in [-0.15, -0.1) is 0 Å². The van der Waals surface area contributed by atoms with Gasteiger partial charge in [-0.25, -0.2) is 4.79 Å². The van der Waals surface area contributed by atoms with Crippen molar-refractivity contribution in [1.29, 1.82) is 0 Å². The van der Waals surface area contributed by atoms with E-state index >= 15 is 0 Å².